The van der Waals surface area contributed by atoms with Crippen LogP contribution in [0.25, 0.3) is 0 Å². The smallest absolute Gasteiger partial charge is 0.321 e. The number of imide groups is 1. The van der Waals surface area contributed by atoms with E-state index in [4.69, 9.17) is 21.1 Å². The van der Waals surface area contributed by atoms with E-state index in [0.29, 0.717) is 17.2 Å². The zero-order valence-corrected chi connectivity index (χ0v) is 16.6. The van der Waals surface area contributed by atoms with Gasteiger partial charge in [-0.2, -0.15) is 0 Å². The van der Waals surface area contributed by atoms with Gasteiger partial charge >= 0.3 is 12.0 Å². The number of esters is 1. The third kappa shape index (κ3) is 5.71. The molecule has 2 aromatic rings. The molecule has 3 amide bonds. The second kappa shape index (κ2) is 9.43. The van der Waals surface area contributed by atoms with Crippen LogP contribution in [0, 0.1) is 5.92 Å². The van der Waals surface area contributed by atoms with Gasteiger partial charge in [-0.15, -0.1) is 0 Å². The van der Waals surface area contributed by atoms with Crippen molar-refractivity contribution in [2.75, 3.05) is 6.61 Å². The molecule has 1 aliphatic rings. The summed E-state index contributed by atoms with van der Waals surface area (Å²) >= 11 is 5.98. The predicted octanol–water partition coefficient (Wildman–Crippen LogP) is 2.85. The van der Waals surface area contributed by atoms with Crippen molar-refractivity contribution in [2.24, 2.45) is 5.92 Å². The maximum absolute atomic E-state index is 12.4. The Balaban J connectivity index is 1.46. The molecule has 0 bridgehead atoms. The molecule has 0 unspecified atom stereocenters. The predicted molar refractivity (Wildman–Crippen MR) is 107 cm³/mol. The first-order chi connectivity index (χ1) is 13.9. The van der Waals surface area contributed by atoms with Gasteiger partial charge in [-0.05, 0) is 42.7 Å². The maximum Gasteiger partial charge on any atom is 0.321 e. The van der Waals surface area contributed by atoms with Crippen molar-refractivity contribution < 1.29 is 23.9 Å². The largest absolute Gasteiger partial charge is 0.492 e. The molecule has 0 aromatic heterocycles. The summed E-state index contributed by atoms with van der Waals surface area (Å²) in [4.78, 5) is 36.4. The number of carbonyl (C=O) groups excluding carboxylic acids is 3. The molecule has 0 spiro atoms. The number of nitrogens with one attached hydrogen (secondary N) is 2. The van der Waals surface area contributed by atoms with Crippen LogP contribution in [0.2, 0.25) is 5.02 Å². The Morgan fingerprint density at radius 1 is 1.21 bits per heavy atom. The van der Waals surface area contributed by atoms with Crippen molar-refractivity contribution in [2.45, 2.75) is 26.0 Å². The van der Waals surface area contributed by atoms with Crippen molar-refractivity contribution in [3.8, 4) is 5.75 Å². The number of amides is 3. The lowest BCUT2D eigenvalue weighted by Crippen LogP contribution is -2.45. The molecule has 8 heteroatoms. The zero-order chi connectivity index (χ0) is 20.8. The fourth-order valence-electron chi connectivity index (χ4n) is 2.87. The summed E-state index contributed by atoms with van der Waals surface area (Å²) in [5, 5.41) is 5.29. The molecule has 0 radical (unpaired) electrons. The van der Waals surface area contributed by atoms with Gasteiger partial charge in [0, 0.05) is 11.6 Å². The molecule has 0 saturated heterocycles. The van der Waals surface area contributed by atoms with Crippen LogP contribution in [-0.4, -0.2) is 30.6 Å². The Hall–Kier alpha value is -3.06. The topological polar surface area (TPSA) is 93.7 Å². The van der Waals surface area contributed by atoms with Gasteiger partial charge in [0.25, 0.3) is 5.91 Å². The molecule has 29 heavy (non-hydrogen) atoms. The van der Waals surface area contributed by atoms with E-state index >= 15 is 0 Å². The van der Waals surface area contributed by atoms with Crippen molar-refractivity contribution >= 4 is 29.5 Å². The summed E-state index contributed by atoms with van der Waals surface area (Å²) in [7, 11) is 0. The highest BCUT2D eigenvalue weighted by Gasteiger charge is 2.30. The third-order valence-electron chi connectivity index (χ3n) is 4.46. The van der Waals surface area contributed by atoms with E-state index in [9.17, 15) is 14.4 Å². The molecular weight excluding hydrogens is 396 g/mol. The minimum Gasteiger partial charge on any atom is -0.492 e. The highest BCUT2D eigenvalue weighted by Crippen LogP contribution is 2.30. The van der Waals surface area contributed by atoms with Crippen LogP contribution in [0.4, 0.5) is 4.79 Å². The van der Waals surface area contributed by atoms with Gasteiger partial charge in [0.2, 0.25) is 0 Å². The fourth-order valence-corrected chi connectivity index (χ4v) is 3.07. The monoisotopic (exact) mass is 416 g/mol. The SMILES string of the molecule is C[C@H](OC(=O)[C@@H]1COc2ccc(Cl)cc2C1)C(=O)NC(=O)NCc1ccccc1. The van der Waals surface area contributed by atoms with Crippen molar-refractivity contribution in [3.63, 3.8) is 0 Å². The number of urea groups is 1. The summed E-state index contributed by atoms with van der Waals surface area (Å²) in [5.74, 6) is -1.14. The zero-order valence-electron chi connectivity index (χ0n) is 15.8. The van der Waals surface area contributed by atoms with Crippen LogP contribution < -0.4 is 15.4 Å². The molecule has 0 saturated carbocycles. The summed E-state index contributed by atoms with van der Waals surface area (Å²) in [6.45, 7) is 1.83. The average molecular weight is 417 g/mol. The quantitative estimate of drug-likeness (QED) is 0.731. The molecule has 0 fully saturated rings. The van der Waals surface area contributed by atoms with Gasteiger partial charge in [-0.25, -0.2) is 4.79 Å². The minimum atomic E-state index is -1.12. The van der Waals surface area contributed by atoms with E-state index in [1.54, 1.807) is 18.2 Å². The van der Waals surface area contributed by atoms with E-state index < -0.39 is 29.9 Å². The molecule has 3 rings (SSSR count). The Morgan fingerprint density at radius 3 is 2.72 bits per heavy atom. The van der Waals surface area contributed by atoms with Gasteiger partial charge in [-0.1, -0.05) is 41.9 Å². The molecular formula is C21H21ClN2O5. The Bertz CT molecular complexity index is 903. The van der Waals surface area contributed by atoms with Gasteiger partial charge in [-0.3, -0.25) is 14.9 Å². The second-order valence-electron chi connectivity index (χ2n) is 6.70. The fraction of sp³-hybridized carbons (Fsp3) is 0.286. The van der Waals surface area contributed by atoms with E-state index in [0.717, 1.165) is 11.1 Å². The highest BCUT2D eigenvalue weighted by molar-refractivity contribution is 6.30. The first-order valence-corrected chi connectivity index (χ1v) is 9.54. The van der Waals surface area contributed by atoms with Crippen molar-refractivity contribution in [3.05, 3.63) is 64.7 Å². The third-order valence-corrected chi connectivity index (χ3v) is 4.69. The van der Waals surface area contributed by atoms with Crippen LogP contribution in [0.1, 0.15) is 18.1 Å². The molecule has 7 nitrogen and oxygen atoms in total. The molecule has 1 heterocycles. The van der Waals surface area contributed by atoms with E-state index in [2.05, 4.69) is 10.6 Å². The van der Waals surface area contributed by atoms with Crippen LogP contribution in [-0.2, 0) is 27.3 Å². The number of rotatable bonds is 5. The highest BCUT2D eigenvalue weighted by atomic mass is 35.5. The Morgan fingerprint density at radius 2 is 1.97 bits per heavy atom. The summed E-state index contributed by atoms with van der Waals surface area (Å²) < 4.78 is 10.8. The number of fused-ring (bicyclic) bond motifs is 1. The lowest BCUT2D eigenvalue weighted by molar-refractivity contribution is -0.159. The molecule has 2 N–H and O–H groups in total. The van der Waals surface area contributed by atoms with Gasteiger partial charge in [0.1, 0.15) is 12.4 Å². The number of hydrogen-bond donors (Lipinski definition) is 2. The lowest BCUT2D eigenvalue weighted by Gasteiger charge is -2.25. The number of benzene rings is 2. The van der Waals surface area contributed by atoms with Gasteiger partial charge < -0.3 is 14.8 Å². The number of halogens is 1. The molecule has 152 valence electrons. The lowest BCUT2D eigenvalue weighted by atomic mass is 9.97. The second-order valence-corrected chi connectivity index (χ2v) is 7.14. The van der Waals surface area contributed by atoms with Crippen LogP contribution in [0.3, 0.4) is 0 Å². The summed E-state index contributed by atoms with van der Waals surface area (Å²) in [5.41, 5.74) is 1.70. The van der Waals surface area contributed by atoms with E-state index in [1.807, 2.05) is 30.3 Å². The molecule has 2 aromatic carbocycles. The normalized spacial score (nSPS) is 16.0. The molecule has 0 aliphatic carbocycles. The minimum absolute atomic E-state index is 0.152. The van der Waals surface area contributed by atoms with Crippen LogP contribution in [0.15, 0.2) is 48.5 Å². The molecule has 2 atom stereocenters. The first-order valence-electron chi connectivity index (χ1n) is 9.16. The van der Waals surface area contributed by atoms with Crippen LogP contribution >= 0.6 is 11.6 Å². The van der Waals surface area contributed by atoms with Gasteiger partial charge in [0.15, 0.2) is 6.10 Å². The maximum atomic E-state index is 12.4. The van der Waals surface area contributed by atoms with E-state index in [1.165, 1.54) is 6.92 Å². The van der Waals surface area contributed by atoms with Crippen LogP contribution in [0.5, 0.6) is 5.75 Å². The first kappa shape index (κ1) is 20.7. The average Bonchev–Trinajstić information content (AvgIpc) is 2.72. The van der Waals surface area contributed by atoms with Gasteiger partial charge in [0.05, 0.1) is 5.92 Å². The van der Waals surface area contributed by atoms with E-state index in [-0.39, 0.29) is 13.2 Å². The number of carbonyl (C=O) groups is 3. The Labute approximate surface area is 173 Å². The Kier molecular flexibility index (Phi) is 6.72. The number of ether oxygens (including phenoxy) is 2. The number of hydrogen-bond acceptors (Lipinski definition) is 5. The van der Waals surface area contributed by atoms with Crippen molar-refractivity contribution in [1.82, 2.24) is 10.6 Å². The van der Waals surface area contributed by atoms with Crippen molar-refractivity contribution in [1.29, 1.82) is 0 Å². The summed E-state index contributed by atoms with van der Waals surface area (Å²) in [6, 6.07) is 13.8. The summed E-state index contributed by atoms with van der Waals surface area (Å²) in [6.07, 6.45) is -0.716. The molecule has 1 aliphatic heterocycles. The standard InChI is InChI=1S/C21H21ClN2O5/c1-13(19(25)24-21(27)23-11-14-5-3-2-4-6-14)29-20(26)16-9-15-10-17(22)7-8-18(15)28-12-16/h2-8,10,13,16H,9,11-12H2,1H3,(H2,23,24,25,27)/t13-,16-/m0/s1.